The number of nitrogens with one attached hydrogen (secondary N) is 2. The molecule has 3 rings (SSSR count). The summed E-state index contributed by atoms with van der Waals surface area (Å²) in [6, 6.07) is 14.0. The van der Waals surface area contributed by atoms with E-state index in [0.717, 1.165) is 11.4 Å². The summed E-state index contributed by atoms with van der Waals surface area (Å²) in [5.74, 6) is 0.0304. The minimum absolute atomic E-state index is 0.0304. The molecule has 1 aliphatic rings. The van der Waals surface area contributed by atoms with Crippen molar-refractivity contribution in [1.82, 2.24) is 0 Å². The number of aryl methyl sites for hydroxylation is 2. The Labute approximate surface area is 119 Å². The van der Waals surface area contributed by atoms with Gasteiger partial charge in [-0.3, -0.25) is 4.79 Å². The molecule has 0 spiro atoms. The maximum Gasteiger partial charge on any atom is 0.247 e. The van der Waals surface area contributed by atoms with Crippen molar-refractivity contribution in [3.8, 4) is 0 Å². The molecule has 0 radical (unpaired) electrons. The van der Waals surface area contributed by atoms with Crippen LogP contribution in [0.15, 0.2) is 42.5 Å². The third-order valence-electron chi connectivity index (χ3n) is 3.55. The molecule has 0 aromatic heterocycles. The SMILES string of the molecule is Cc1cc(C)cc(CC2Nc3ccccc3NC2=O)c1. The fourth-order valence-electron chi connectivity index (χ4n) is 2.76. The summed E-state index contributed by atoms with van der Waals surface area (Å²) in [7, 11) is 0. The van der Waals surface area contributed by atoms with E-state index in [-0.39, 0.29) is 11.9 Å². The van der Waals surface area contributed by atoms with Crippen LogP contribution in [0.5, 0.6) is 0 Å². The van der Waals surface area contributed by atoms with E-state index in [1.54, 1.807) is 0 Å². The van der Waals surface area contributed by atoms with Gasteiger partial charge in [0.2, 0.25) is 5.91 Å². The van der Waals surface area contributed by atoms with Crippen molar-refractivity contribution >= 4 is 17.3 Å². The first-order valence-corrected chi connectivity index (χ1v) is 6.85. The summed E-state index contributed by atoms with van der Waals surface area (Å²) >= 11 is 0. The van der Waals surface area contributed by atoms with Gasteiger partial charge in [0.05, 0.1) is 11.4 Å². The molecule has 1 amide bonds. The number of hydrogen-bond donors (Lipinski definition) is 2. The summed E-state index contributed by atoms with van der Waals surface area (Å²) in [4.78, 5) is 12.2. The molecule has 0 bridgehead atoms. The second kappa shape index (κ2) is 5.00. The largest absolute Gasteiger partial charge is 0.372 e. The quantitative estimate of drug-likeness (QED) is 0.876. The number of hydrogen-bond acceptors (Lipinski definition) is 2. The predicted octanol–water partition coefficient (Wildman–Crippen LogP) is 3.28. The molecule has 1 aliphatic heterocycles. The molecule has 0 aliphatic carbocycles. The summed E-state index contributed by atoms with van der Waals surface area (Å²) in [6.07, 6.45) is 0.697. The Balaban J connectivity index is 1.83. The molecule has 1 heterocycles. The van der Waals surface area contributed by atoms with Crippen molar-refractivity contribution in [1.29, 1.82) is 0 Å². The summed E-state index contributed by atoms with van der Waals surface area (Å²) in [5, 5.41) is 6.28. The molecule has 1 atom stereocenters. The minimum Gasteiger partial charge on any atom is -0.372 e. The third kappa shape index (κ3) is 2.52. The van der Waals surface area contributed by atoms with Gasteiger partial charge in [-0.25, -0.2) is 0 Å². The zero-order valence-electron chi connectivity index (χ0n) is 11.7. The monoisotopic (exact) mass is 266 g/mol. The Bertz CT molecular complexity index is 644. The van der Waals surface area contributed by atoms with E-state index in [4.69, 9.17) is 0 Å². The second-order valence-electron chi connectivity index (χ2n) is 5.43. The number of carbonyl (C=O) groups excluding carboxylic acids is 1. The maximum absolute atomic E-state index is 12.2. The van der Waals surface area contributed by atoms with Gasteiger partial charge in [0, 0.05) is 6.42 Å². The number of anilines is 2. The average Bonchev–Trinajstić information content (AvgIpc) is 2.38. The zero-order valence-corrected chi connectivity index (χ0v) is 11.7. The first-order valence-electron chi connectivity index (χ1n) is 6.85. The fraction of sp³-hybridized carbons (Fsp3) is 0.235. The molecule has 1 unspecified atom stereocenters. The van der Waals surface area contributed by atoms with Crippen molar-refractivity contribution in [2.75, 3.05) is 10.6 Å². The molecule has 3 heteroatoms. The highest BCUT2D eigenvalue weighted by Gasteiger charge is 2.25. The molecule has 2 N–H and O–H groups in total. The van der Waals surface area contributed by atoms with Crippen molar-refractivity contribution < 1.29 is 4.79 Å². The highest BCUT2D eigenvalue weighted by atomic mass is 16.2. The Hall–Kier alpha value is -2.29. The van der Waals surface area contributed by atoms with Gasteiger partial charge in [-0.1, -0.05) is 41.5 Å². The Morgan fingerprint density at radius 2 is 1.65 bits per heavy atom. The van der Waals surface area contributed by atoms with Gasteiger partial charge in [-0.05, 0) is 31.5 Å². The van der Waals surface area contributed by atoms with Gasteiger partial charge in [-0.15, -0.1) is 0 Å². The Morgan fingerprint density at radius 3 is 2.35 bits per heavy atom. The van der Waals surface area contributed by atoms with Crippen LogP contribution in [0, 0.1) is 13.8 Å². The van der Waals surface area contributed by atoms with Crippen LogP contribution in [-0.4, -0.2) is 11.9 Å². The summed E-state index contributed by atoms with van der Waals surface area (Å²) in [6.45, 7) is 4.17. The van der Waals surface area contributed by atoms with E-state index >= 15 is 0 Å². The molecular formula is C17H18N2O. The molecule has 2 aromatic carbocycles. The molecular weight excluding hydrogens is 248 g/mol. The predicted molar refractivity (Wildman–Crippen MR) is 82.1 cm³/mol. The van der Waals surface area contributed by atoms with Crippen LogP contribution in [0.2, 0.25) is 0 Å². The summed E-state index contributed by atoms with van der Waals surface area (Å²) < 4.78 is 0. The van der Waals surface area contributed by atoms with Crippen molar-refractivity contribution in [2.24, 2.45) is 0 Å². The van der Waals surface area contributed by atoms with E-state index in [2.05, 4.69) is 42.7 Å². The number of benzene rings is 2. The lowest BCUT2D eigenvalue weighted by molar-refractivity contribution is -0.117. The maximum atomic E-state index is 12.2. The Morgan fingerprint density at radius 1 is 1.00 bits per heavy atom. The van der Waals surface area contributed by atoms with Crippen LogP contribution in [0.25, 0.3) is 0 Å². The molecule has 0 saturated heterocycles. The minimum atomic E-state index is -0.217. The van der Waals surface area contributed by atoms with Crippen LogP contribution < -0.4 is 10.6 Å². The van der Waals surface area contributed by atoms with E-state index < -0.39 is 0 Å². The first kappa shape index (κ1) is 12.7. The van der Waals surface area contributed by atoms with Gasteiger partial charge >= 0.3 is 0 Å². The molecule has 0 saturated carbocycles. The highest BCUT2D eigenvalue weighted by Crippen LogP contribution is 2.27. The molecule has 0 fully saturated rings. The molecule has 2 aromatic rings. The second-order valence-corrected chi connectivity index (χ2v) is 5.43. The van der Waals surface area contributed by atoms with Crippen molar-refractivity contribution in [3.63, 3.8) is 0 Å². The van der Waals surface area contributed by atoms with Crippen molar-refractivity contribution in [2.45, 2.75) is 26.3 Å². The fourth-order valence-corrected chi connectivity index (χ4v) is 2.76. The number of amides is 1. The average molecular weight is 266 g/mol. The van der Waals surface area contributed by atoms with E-state index in [1.807, 2.05) is 24.3 Å². The van der Waals surface area contributed by atoms with Crippen molar-refractivity contribution in [3.05, 3.63) is 59.2 Å². The number of para-hydroxylation sites is 2. The van der Waals surface area contributed by atoms with Gasteiger partial charge in [-0.2, -0.15) is 0 Å². The lowest BCUT2D eigenvalue weighted by Crippen LogP contribution is -2.40. The van der Waals surface area contributed by atoms with Crippen LogP contribution in [0.1, 0.15) is 16.7 Å². The number of rotatable bonds is 2. The lowest BCUT2D eigenvalue weighted by Gasteiger charge is -2.27. The normalized spacial score (nSPS) is 17.1. The standard InChI is InChI=1S/C17H18N2O/c1-11-7-12(2)9-13(8-11)10-16-17(20)19-15-6-4-3-5-14(15)18-16/h3-9,16,18H,10H2,1-2H3,(H,19,20). The van der Waals surface area contributed by atoms with Gasteiger partial charge < -0.3 is 10.6 Å². The van der Waals surface area contributed by atoms with Gasteiger partial charge in [0.15, 0.2) is 0 Å². The van der Waals surface area contributed by atoms with E-state index in [0.29, 0.717) is 6.42 Å². The number of fused-ring (bicyclic) bond motifs is 1. The first-order chi connectivity index (χ1) is 9.61. The van der Waals surface area contributed by atoms with E-state index in [1.165, 1.54) is 16.7 Å². The zero-order chi connectivity index (χ0) is 14.1. The van der Waals surface area contributed by atoms with Gasteiger partial charge in [0.25, 0.3) is 0 Å². The highest BCUT2D eigenvalue weighted by molar-refractivity contribution is 6.03. The van der Waals surface area contributed by atoms with Crippen LogP contribution in [0.4, 0.5) is 11.4 Å². The summed E-state index contributed by atoms with van der Waals surface area (Å²) in [5.41, 5.74) is 5.50. The topological polar surface area (TPSA) is 41.1 Å². The molecule has 102 valence electrons. The molecule has 3 nitrogen and oxygen atoms in total. The third-order valence-corrected chi connectivity index (χ3v) is 3.55. The number of carbonyl (C=O) groups is 1. The lowest BCUT2D eigenvalue weighted by atomic mass is 9.99. The smallest absolute Gasteiger partial charge is 0.247 e. The van der Waals surface area contributed by atoms with Crippen LogP contribution in [0.3, 0.4) is 0 Å². The van der Waals surface area contributed by atoms with Crippen LogP contribution in [-0.2, 0) is 11.2 Å². The van der Waals surface area contributed by atoms with Gasteiger partial charge in [0.1, 0.15) is 6.04 Å². The van der Waals surface area contributed by atoms with Crippen LogP contribution >= 0.6 is 0 Å². The van der Waals surface area contributed by atoms with E-state index in [9.17, 15) is 4.79 Å². The molecule has 20 heavy (non-hydrogen) atoms. The Kier molecular flexibility index (Phi) is 3.18.